The van der Waals surface area contributed by atoms with Crippen molar-refractivity contribution in [1.29, 1.82) is 0 Å². The molecule has 0 unspecified atom stereocenters. The average Bonchev–Trinajstić information content (AvgIpc) is 3.22. The van der Waals surface area contributed by atoms with Crippen LogP contribution in [0.2, 0.25) is 13.1 Å². The van der Waals surface area contributed by atoms with Crippen LogP contribution in [0.1, 0.15) is 16.7 Å². The first-order valence-corrected chi connectivity index (χ1v) is 11.5. The summed E-state index contributed by atoms with van der Waals surface area (Å²) >= 11 is 0. The Hall–Kier alpha value is -1.98. The van der Waals surface area contributed by atoms with Crippen LogP contribution in [-0.4, -0.2) is 9.52 Å². The topological polar surface area (TPSA) is 0 Å². The van der Waals surface area contributed by atoms with Crippen molar-refractivity contribution >= 4 is 20.3 Å². The van der Waals surface area contributed by atoms with Crippen LogP contribution in [0.25, 0.3) is 21.9 Å². The van der Waals surface area contributed by atoms with Gasteiger partial charge >= 0.3 is 17.4 Å². The molecule has 27 heavy (non-hydrogen) atoms. The Labute approximate surface area is 176 Å². The first-order valence-electron chi connectivity index (χ1n) is 9.17. The molecule has 0 spiro atoms. The van der Waals surface area contributed by atoms with Crippen molar-refractivity contribution in [3.05, 3.63) is 102 Å². The van der Waals surface area contributed by atoms with Gasteiger partial charge in [-0.1, -0.05) is 61.5 Å². The summed E-state index contributed by atoms with van der Waals surface area (Å²) < 4.78 is 0. The van der Waals surface area contributed by atoms with Crippen LogP contribution in [0.15, 0.2) is 78.9 Å². The molecule has 1 radical (unpaired) electrons. The number of hydrogen-bond donors (Lipinski definition) is 0. The second kappa shape index (κ2) is 10.4. The van der Waals surface area contributed by atoms with Crippen molar-refractivity contribution in [2.75, 3.05) is 0 Å². The molecule has 0 saturated carbocycles. The molecule has 0 fully saturated rings. The van der Waals surface area contributed by atoms with Crippen molar-refractivity contribution in [2.24, 2.45) is 0 Å². The second-order valence-electron chi connectivity index (χ2n) is 6.64. The Morgan fingerprint density at radius 3 is 2.33 bits per heavy atom. The van der Waals surface area contributed by atoms with E-state index < -0.39 is 0 Å². The van der Waals surface area contributed by atoms with E-state index in [1.807, 2.05) is 6.07 Å². The van der Waals surface area contributed by atoms with E-state index in [1.54, 1.807) is 0 Å². The average molecular weight is 406 g/mol. The van der Waals surface area contributed by atoms with E-state index in [4.69, 9.17) is 0 Å². The molecule has 0 saturated heterocycles. The number of aryl methyl sites for hydroxylation is 1. The molecule has 4 aromatic carbocycles. The van der Waals surface area contributed by atoms with Gasteiger partial charge in [-0.25, -0.2) is 0 Å². The molecule has 4 aromatic rings. The van der Waals surface area contributed by atoms with Gasteiger partial charge in [0.25, 0.3) is 0 Å². The molecule has 135 valence electrons. The Kier molecular flexibility index (Phi) is 8.20. The van der Waals surface area contributed by atoms with Crippen molar-refractivity contribution < 1.29 is 17.4 Å². The minimum Gasteiger partial charge on any atom is -0.179 e. The quantitative estimate of drug-likeness (QED) is 0.205. The predicted molar refractivity (Wildman–Crippen MR) is 117 cm³/mol. The molecule has 0 nitrogen and oxygen atoms in total. The maximum atomic E-state index is 3.30. The van der Waals surface area contributed by atoms with Gasteiger partial charge in [-0.2, -0.15) is 35.9 Å². The molecule has 0 N–H and O–H groups in total. The van der Waals surface area contributed by atoms with Crippen molar-refractivity contribution in [1.82, 2.24) is 0 Å². The fourth-order valence-electron chi connectivity index (χ4n) is 3.30. The summed E-state index contributed by atoms with van der Waals surface area (Å²) in [6.07, 6.45) is 1.05. The molecule has 1 aliphatic rings. The zero-order valence-electron chi connectivity index (χ0n) is 16.2. The monoisotopic (exact) mass is 405 g/mol. The van der Waals surface area contributed by atoms with Gasteiger partial charge in [0.15, 0.2) is 0 Å². The van der Waals surface area contributed by atoms with Crippen molar-refractivity contribution in [3.63, 3.8) is 0 Å². The number of hydrogen-bond acceptors (Lipinski definition) is 0. The van der Waals surface area contributed by atoms with Gasteiger partial charge in [-0.05, 0) is 6.42 Å². The summed E-state index contributed by atoms with van der Waals surface area (Å²) in [5.41, 5.74) is 6.86. The third-order valence-electron chi connectivity index (χ3n) is 4.38. The van der Waals surface area contributed by atoms with Crippen LogP contribution in [0.3, 0.4) is 0 Å². The Bertz CT molecular complexity index is 908. The van der Waals surface area contributed by atoms with E-state index in [9.17, 15) is 0 Å². The van der Waals surface area contributed by atoms with E-state index in [0.29, 0.717) is 0 Å². The van der Waals surface area contributed by atoms with Crippen molar-refractivity contribution in [3.8, 4) is 11.1 Å². The SMILES string of the molecule is C[SiH]C.Cc1cc2ccccc2[cH-]1.[Cr+2].[c-]1cccc2c1Cc1ccccc1-2. The second-order valence-corrected chi connectivity index (χ2v) is 7.79. The third kappa shape index (κ3) is 5.27. The zero-order valence-corrected chi connectivity index (χ0v) is 18.6. The molecule has 5 rings (SSSR count). The maximum Gasteiger partial charge on any atom is 2.00 e. The molecule has 0 heterocycles. The van der Waals surface area contributed by atoms with E-state index in [1.165, 1.54) is 38.6 Å². The predicted octanol–water partition coefficient (Wildman–Crippen LogP) is 6.44. The smallest absolute Gasteiger partial charge is 0.179 e. The van der Waals surface area contributed by atoms with Crippen LogP contribution >= 0.6 is 0 Å². The summed E-state index contributed by atoms with van der Waals surface area (Å²) in [5.74, 6) is 0. The first kappa shape index (κ1) is 21.3. The number of rotatable bonds is 0. The van der Waals surface area contributed by atoms with Crippen molar-refractivity contribution in [2.45, 2.75) is 26.4 Å². The van der Waals surface area contributed by atoms with Gasteiger partial charge in [0.05, 0.1) is 0 Å². The Balaban J connectivity index is 0.000000168. The van der Waals surface area contributed by atoms with E-state index in [2.05, 4.69) is 98.9 Å². The van der Waals surface area contributed by atoms with Gasteiger partial charge < -0.3 is 0 Å². The minimum atomic E-state index is 0. The summed E-state index contributed by atoms with van der Waals surface area (Å²) in [4.78, 5) is 0. The molecule has 0 atom stereocenters. The van der Waals surface area contributed by atoms with Crippen LogP contribution in [0, 0.1) is 13.0 Å². The molecule has 0 amide bonds. The van der Waals surface area contributed by atoms with Gasteiger partial charge in [0.2, 0.25) is 0 Å². The molecule has 0 bridgehead atoms. The molecule has 0 aliphatic heterocycles. The summed E-state index contributed by atoms with van der Waals surface area (Å²) in [7, 11) is 0.750. The summed E-state index contributed by atoms with van der Waals surface area (Å²) in [5, 5.41) is 2.69. The normalized spacial score (nSPS) is 10.5. The van der Waals surface area contributed by atoms with Gasteiger partial charge in [0, 0.05) is 9.52 Å². The van der Waals surface area contributed by atoms with E-state index in [-0.39, 0.29) is 17.4 Å². The fourth-order valence-corrected chi connectivity index (χ4v) is 3.30. The molecular formula is C25H25CrSi. The fraction of sp³-hybridized carbons (Fsp3) is 0.160. The van der Waals surface area contributed by atoms with Crippen LogP contribution in [-0.2, 0) is 23.8 Å². The van der Waals surface area contributed by atoms with Gasteiger partial charge in [-0.15, -0.1) is 46.2 Å². The molecular weight excluding hydrogens is 380 g/mol. The van der Waals surface area contributed by atoms with Gasteiger partial charge in [0.1, 0.15) is 0 Å². The summed E-state index contributed by atoms with van der Waals surface area (Å²) in [6.45, 7) is 6.54. The number of fused-ring (bicyclic) bond motifs is 4. The zero-order chi connectivity index (χ0) is 18.4. The van der Waals surface area contributed by atoms with Crippen LogP contribution < -0.4 is 0 Å². The van der Waals surface area contributed by atoms with Crippen LogP contribution in [0.5, 0.6) is 0 Å². The summed E-state index contributed by atoms with van der Waals surface area (Å²) in [6, 6.07) is 30.9. The standard InChI is InChI=1S/C13H9.C10H9.C2H7Si.Cr/c1-3-7-12-10(5-1)9-11-6-2-4-8-13(11)12;1-8-6-9-4-2-3-5-10(9)7-8;1-3-2;/h1-5,7-8H,9H2;2-7H,1H3;3H,1-2H3;/q2*-1;;+2. The minimum absolute atomic E-state index is 0. The molecule has 1 aliphatic carbocycles. The molecule has 0 aromatic heterocycles. The van der Waals surface area contributed by atoms with E-state index >= 15 is 0 Å². The molecule has 2 heteroatoms. The first-order chi connectivity index (χ1) is 12.7. The Morgan fingerprint density at radius 1 is 0.889 bits per heavy atom. The largest absolute Gasteiger partial charge is 2.00 e. The Morgan fingerprint density at radius 2 is 1.56 bits per heavy atom. The maximum absolute atomic E-state index is 3.30. The van der Waals surface area contributed by atoms with Crippen LogP contribution in [0.4, 0.5) is 0 Å². The number of benzene rings is 3. The van der Waals surface area contributed by atoms with E-state index in [0.717, 1.165) is 15.9 Å². The van der Waals surface area contributed by atoms with Gasteiger partial charge in [-0.3, -0.25) is 0 Å². The third-order valence-corrected chi connectivity index (χ3v) is 4.38.